The Labute approximate surface area is 251 Å². The molecule has 8 heteroatoms. The number of pyridine rings is 2. The lowest BCUT2D eigenvalue weighted by Gasteiger charge is -2.32. The lowest BCUT2D eigenvalue weighted by atomic mass is 9.89. The van der Waals surface area contributed by atoms with Crippen molar-refractivity contribution in [2.75, 3.05) is 31.6 Å². The number of piperidine rings is 1. The maximum absolute atomic E-state index is 12.8. The number of hydrogen-bond donors (Lipinski definition) is 1. The van der Waals surface area contributed by atoms with E-state index in [2.05, 4.69) is 62.4 Å². The number of para-hydroxylation sites is 1. The normalized spacial score (nSPS) is 15.2. The summed E-state index contributed by atoms with van der Waals surface area (Å²) in [5.74, 6) is 0.454. The molecule has 0 atom stereocenters. The first-order chi connectivity index (χ1) is 20.6. The Morgan fingerprint density at radius 1 is 0.976 bits per heavy atom. The number of carbonyl (C=O) groups is 1. The summed E-state index contributed by atoms with van der Waals surface area (Å²) >= 11 is 6.17. The molecule has 2 aromatic carbocycles. The Morgan fingerprint density at radius 3 is 2.60 bits per heavy atom. The van der Waals surface area contributed by atoms with Crippen LogP contribution in [0.1, 0.15) is 40.9 Å². The van der Waals surface area contributed by atoms with Crippen LogP contribution in [0.15, 0.2) is 85.3 Å². The van der Waals surface area contributed by atoms with E-state index >= 15 is 0 Å². The zero-order chi connectivity index (χ0) is 28.9. The van der Waals surface area contributed by atoms with Gasteiger partial charge in [-0.3, -0.25) is 14.9 Å². The smallest absolute Gasteiger partial charge is 0.273 e. The number of rotatable bonds is 4. The van der Waals surface area contributed by atoms with E-state index < -0.39 is 0 Å². The molecule has 42 heavy (non-hydrogen) atoms. The molecule has 5 aromatic rings. The fraction of sp³-hybridized carbons (Fsp3) is 0.294. The predicted molar refractivity (Wildman–Crippen MR) is 169 cm³/mol. The molecule has 0 bridgehead atoms. The molecule has 3 aromatic heterocycles. The molecule has 7 rings (SSSR count). The van der Waals surface area contributed by atoms with Crippen LogP contribution in [0.2, 0.25) is 5.02 Å². The molecule has 0 unspecified atom stereocenters. The highest BCUT2D eigenvalue weighted by Gasteiger charge is 2.27. The number of nitrogens with one attached hydrogen (secondary N) is 1. The molecular formula is C34H35ClN6O. The van der Waals surface area contributed by atoms with Gasteiger partial charge in [-0.05, 0) is 85.5 Å². The van der Waals surface area contributed by atoms with Gasteiger partial charge in [-0.1, -0.05) is 41.9 Å². The van der Waals surface area contributed by atoms with Gasteiger partial charge in [0, 0.05) is 55.7 Å². The summed E-state index contributed by atoms with van der Waals surface area (Å²) < 4.78 is 0. The van der Waals surface area contributed by atoms with Crippen LogP contribution in [0.3, 0.4) is 0 Å². The van der Waals surface area contributed by atoms with Crippen molar-refractivity contribution in [2.24, 2.45) is 5.92 Å². The molecule has 1 N–H and O–H groups in total. The largest absolute Gasteiger partial charge is 0.374 e. The van der Waals surface area contributed by atoms with Gasteiger partial charge in [0.1, 0.15) is 5.69 Å². The number of fused-ring (bicyclic) bond motifs is 2. The van der Waals surface area contributed by atoms with Crippen LogP contribution in [-0.2, 0) is 12.8 Å². The summed E-state index contributed by atoms with van der Waals surface area (Å²) in [5, 5.41) is 9.21. The molecule has 1 fully saturated rings. The van der Waals surface area contributed by atoms with E-state index in [1.807, 2.05) is 41.6 Å². The van der Waals surface area contributed by atoms with Crippen molar-refractivity contribution in [3.05, 3.63) is 107 Å². The Balaban J connectivity index is 0.000000265. The summed E-state index contributed by atoms with van der Waals surface area (Å²) in [4.78, 5) is 25.4. The molecule has 1 amide bonds. The number of amides is 1. The number of carbonyl (C=O) groups excluding carboxylic acids is 1. The second-order valence-electron chi connectivity index (χ2n) is 11.1. The van der Waals surface area contributed by atoms with Gasteiger partial charge in [-0.2, -0.15) is 5.10 Å². The Bertz CT molecular complexity index is 1610. The minimum Gasteiger partial charge on any atom is -0.374 e. The summed E-state index contributed by atoms with van der Waals surface area (Å²) in [7, 11) is 2.16. The van der Waals surface area contributed by atoms with Crippen molar-refractivity contribution in [1.82, 2.24) is 25.1 Å². The molecule has 0 spiro atoms. The monoisotopic (exact) mass is 578 g/mol. The third-order valence-electron chi connectivity index (χ3n) is 8.32. The van der Waals surface area contributed by atoms with Gasteiger partial charge < -0.3 is 9.80 Å². The Kier molecular flexibility index (Phi) is 8.47. The highest BCUT2D eigenvalue weighted by molar-refractivity contribution is 6.33. The number of benzene rings is 2. The third kappa shape index (κ3) is 6.16. The van der Waals surface area contributed by atoms with Crippen molar-refractivity contribution >= 4 is 34.1 Å². The number of nitrogens with zero attached hydrogens (tertiary/aromatic N) is 5. The summed E-state index contributed by atoms with van der Waals surface area (Å²) in [6, 6.07) is 22.3. The summed E-state index contributed by atoms with van der Waals surface area (Å²) in [5.41, 5.74) is 7.76. The molecule has 5 heterocycles. The van der Waals surface area contributed by atoms with Crippen LogP contribution >= 0.6 is 11.6 Å². The molecule has 0 saturated carbocycles. The summed E-state index contributed by atoms with van der Waals surface area (Å²) in [6.45, 7) is 2.58. The molecule has 1 saturated heterocycles. The number of aryl methyl sites for hydroxylation is 1. The molecule has 0 radical (unpaired) electrons. The van der Waals surface area contributed by atoms with Crippen LogP contribution in [0.4, 0.5) is 5.69 Å². The van der Waals surface area contributed by atoms with Crippen LogP contribution in [0, 0.1) is 5.92 Å². The second kappa shape index (κ2) is 12.7. The number of H-pyrrole nitrogens is 1. The van der Waals surface area contributed by atoms with Crippen LogP contribution in [-0.4, -0.2) is 57.7 Å². The molecular weight excluding hydrogens is 544 g/mol. The second-order valence-corrected chi connectivity index (χ2v) is 11.5. The van der Waals surface area contributed by atoms with Gasteiger partial charge in [0.15, 0.2) is 0 Å². The van der Waals surface area contributed by atoms with Crippen LogP contribution in [0.5, 0.6) is 0 Å². The van der Waals surface area contributed by atoms with Crippen molar-refractivity contribution in [3.8, 4) is 11.3 Å². The maximum Gasteiger partial charge on any atom is 0.273 e. The first-order valence-corrected chi connectivity index (χ1v) is 15.0. The number of aromatic amines is 1. The Morgan fingerprint density at radius 2 is 1.76 bits per heavy atom. The zero-order valence-corrected chi connectivity index (χ0v) is 24.6. The third-order valence-corrected chi connectivity index (χ3v) is 8.63. The lowest BCUT2D eigenvalue weighted by molar-refractivity contribution is 0.0685. The van der Waals surface area contributed by atoms with Crippen molar-refractivity contribution in [3.63, 3.8) is 0 Å². The summed E-state index contributed by atoms with van der Waals surface area (Å²) in [6.07, 6.45) is 10.6. The maximum atomic E-state index is 12.8. The van der Waals surface area contributed by atoms with Crippen LogP contribution in [0.25, 0.3) is 22.2 Å². The van der Waals surface area contributed by atoms with E-state index in [1.54, 1.807) is 18.3 Å². The van der Waals surface area contributed by atoms with Crippen LogP contribution < -0.4 is 4.90 Å². The number of hydrogen-bond acceptors (Lipinski definition) is 5. The van der Waals surface area contributed by atoms with E-state index in [-0.39, 0.29) is 5.91 Å². The first kappa shape index (κ1) is 27.9. The SMILES string of the molecule is CN1CCCc2cc(-c3[nH]ncc3CC3CCN(C(=O)c4ncccc4Cl)CC3)ccc21.c1ccc2ncccc2c1. The first-order valence-electron chi connectivity index (χ1n) is 14.6. The van der Waals surface area contributed by atoms with Gasteiger partial charge in [-0.25, -0.2) is 4.98 Å². The topological polar surface area (TPSA) is 78.0 Å². The van der Waals surface area contributed by atoms with E-state index in [1.165, 1.54) is 34.2 Å². The average Bonchev–Trinajstić information content (AvgIpc) is 3.50. The standard InChI is InChI=1S/C25H28ClN5O.C9H7N/c1-30-11-3-4-18-15-19(6-7-22(18)30)23-20(16-28-29-23)14-17-8-12-31(13-9-17)25(32)24-21(26)5-2-10-27-24;1-2-6-9-8(4-1)5-3-7-10-9/h2,5-7,10,15-17H,3-4,8-9,11-14H2,1H3,(H,28,29);1-7H. The molecule has 0 aliphatic carbocycles. The lowest BCUT2D eigenvalue weighted by Crippen LogP contribution is -2.39. The van der Waals surface area contributed by atoms with Crippen molar-refractivity contribution in [2.45, 2.75) is 32.1 Å². The van der Waals surface area contributed by atoms with E-state index in [9.17, 15) is 4.79 Å². The van der Waals surface area contributed by atoms with Crippen molar-refractivity contribution in [1.29, 1.82) is 0 Å². The number of halogens is 1. The van der Waals surface area contributed by atoms with Gasteiger partial charge >= 0.3 is 0 Å². The zero-order valence-electron chi connectivity index (χ0n) is 23.8. The van der Waals surface area contributed by atoms with Gasteiger partial charge in [0.2, 0.25) is 0 Å². The van der Waals surface area contributed by atoms with Gasteiger partial charge in [-0.15, -0.1) is 0 Å². The fourth-order valence-electron chi connectivity index (χ4n) is 6.02. The minimum absolute atomic E-state index is 0.0722. The van der Waals surface area contributed by atoms with E-state index in [0.29, 0.717) is 16.6 Å². The average molecular weight is 579 g/mol. The molecule has 2 aliphatic heterocycles. The fourth-order valence-corrected chi connectivity index (χ4v) is 6.22. The Hall–Kier alpha value is -4.23. The van der Waals surface area contributed by atoms with E-state index in [0.717, 1.165) is 56.5 Å². The molecule has 214 valence electrons. The van der Waals surface area contributed by atoms with Crippen molar-refractivity contribution < 1.29 is 4.79 Å². The highest BCUT2D eigenvalue weighted by Crippen LogP contribution is 2.33. The van der Waals surface area contributed by atoms with E-state index in [4.69, 9.17) is 11.6 Å². The number of aromatic nitrogens is 4. The molecule has 2 aliphatic rings. The number of likely N-dealkylation sites (tertiary alicyclic amines) is 1. The van der Waals surface area contributed by atoms with Gasteiger partial charge in [0.25, 0.3) is 5.91 Å². The highest BCUT2D eigenvalue weighted by atomic mass is 35.5. The molecule has 7 nitrogen and oxygen atoms in total. The predicted octanol–water partition coefficient (Wildman–Crippen LogP) is 6.84. The quantitative estimate of drug-likeness (QED) is 0.253. The minimum atomic E-state index is -0.0722. The van der Waals surface area contributed by atoms with Gasteiger partial charge in [0.05, 0.1) is 22.4 Å². The number of anilines is 1.